The van der Waals surface area contributed by atoms with E-state index < -0.39 is 11.9 Å². The van der Waals surface area contributed by atoms with Crippen molar-refractivity contribution in [2.45, 2.75) is 59.0 Å². The molecule has 3 N–H and O–H groups in total. The lowest BCUT2D eigenvalue weighted by Crippen LogP contribution is -2.18. The van der Waals surface area contributed by atoms with Crippen LogP contribution in [0.3, 0.4) is 0 Å². The Morgan fingerprint density at radius 1 is 0.927 bits per heavy atom. The summed E-state index contributed by atoms with van der Waals surface area (Å²) < 4.78 is 11.7. The number of hydrogen-bond donors (Lipinski definition) is 2. The zero-order valence-corrected chi connectivity index (χ0v) is 24.5. The number of nitroso groups, excluding NO2 is 1. The number of carbonyl (C=O) groups is 2. The first kappa shape index (κ1) is 31.0. The van der Waals surface area contributed by atoms with E-state index in [9.17, 15) is 14.5 Å². The van der Waals surface area contributed by atoms with Crippen LogP contribution in [0.4, 0.5) is 11.4 Å². The second-order valence-corrected chi connectivity index (χ2v) is 11.6. The average Bonchev–Trinajstić information content (AvgIpc) is 2.93. The Morgan fingerprint density at radius 3 is 2.12 bits per heavy atom. The van der Waals surface area contributed by atoms with Gasteiger partial charge in [0.2, 0.25) is 5.91 Å². The van der Waals surface area contributed by atoms with Crippen LogP contribution in [0, 0.1) is 4.91 Å². The fraction of sp³-hybridized carbons (Fsp3) is 0.312. The molecule has 0 bridgehead atoms. The van der Waals surface area contributed by atoms with Gasteiger partial charge in [0.15, 0.2) is 11.5 Å². The summed E-state index contributed by atoms with van der Waals surface area (Å²) in [4.78, 5) is 40.5. The molecule has 0 aromatic heterocycles. The molecular formula is C32H37N3O6. The highest BCUT2D eigenvalue weighted by Crippen LogP contribution is 2.41. The van der Waals surface area contributed by atoms with E-state index in [1.54, 1.807) is 42.5 Å². The third-order valence-corrected chi connectivity index (χ3v) is 6.40. The second-order valence-electron chi connectivity index (χ2n) is 11.6. The fourth-order valence-electron chi connectivity index (χ4n) is 4.27. The van der Waals surface area contributed by atoms with Crippen molar-refractivity contribution < 1.29 is 23.9 Å². The number of nitrogens with one attached hydrogen (secondary N) is 1. The third-order valence-electron chi connectivity index (χ3n) is 6.40. The van der Waals surface area contributed by atoms with Gasteiger partial charge in [-0.05, 0) is 80.7 Å². The van der Waals surface area contributed by atoms with Crippen molar-refractivity contribution in [2.75, 3.05) is 12.4 Å². The first-order valence-corrected chi connectivity index (χ1v) is 13.1. The number of nitrogens with two attached hydrogens (primary N) is 1. The number of rotatable bonds is 9. The second kappa shape index (κ2) is 12.8. The van der Waals surface area contributed by atoms with Gasteiger partial charge in [0.05, 0.1) is 18.4 Å². The molecular weight excluding hydrogens is 522 g/mol. The van der Waals surface area contributed by atoms with Crippen LogP contribution < -0.4 is 20.7 Å². The first-order chi connectivity index (χ1) is 19.3. The molecule has 0 heterocycles. The van der Waals surface area contributed by atoms with Gasteiger partial charge in [0.25, 0.3) is 0 Å². The highest BCUT2D eigenvalue weighted by Gasteiger charge is 2.27. The fourth-order valence-corrected chi connectivity index (χ4v) is 4.27. The molecule has 0 aliphatic heterocycles. The van der Waals surface area contributed by atoms with Crippen LogP contribution in [0.2, 0.25) is 0 Å². The lowest BCUT2D eigenvalue weighted by molar-refractivity contribution is -0.111. The molecule has 0 fully saturated rings. The number of carbonyl (C=O) groups excluding carboxylic acids is 2. The van der Waals surface area contributed by atoms with E-state index in [0.717, 1.165) is 16.7 Å². The van der Waals surface area contributed by atoms with Crippen LogP contribution in [0.5, 0.6) is 11.5 Å². The molecule has 1 amide bonds. The van der Waals surface area contributed by atoms with Crippen molar-refractivity contribution in [1.29, 1.82) is 0 Å². The summed E-state index contributed by atoms with van der Waals surface area (Å²) in [7, 11) is 1.54. The van der Waals surface area contributed by atoms with Crippen molar-refractivity contribution in [1.82, 2.24) is 0 Å². The molecule has 0 radical (unpaired) electrons. The quantitative estimate of drug-likeness (QED) is 0.165. The van der Waals surface area contributed by atoms with Crippen molar-refractivity contribution in [2.24, 2.45) is 11.1 Å². The zero-order chi connectivity index (χ0) is 30.4. The largest absolute Gasteiger partial charge is 0.493 e. The van der Waals surface area contributed by atoms with Gasteiger partial charge >= 0.3 is 5.97 Å². The van der Waals surface area contributed by atoms with Gasteiger partial charge in [-0.2, -0.15) is 5.90 Å². The minimum atomic E-state index is -0.759. The number of amides is 1. The number of anilines is 1. The lowest BCUT2D eigenvalue weighted by atomic mass is 9.78. The third kappa shape index (κ3) is 7.79. The Bertz CT molecular complexity index is 1430. The Kier molecular flexibility index (Phi) is 9.67. The topological polar surface area (TPSA) is 129 Å². The van der Waals surface area contributed by atoms with Crippen LogP contribution in [-0.4, -0.2) is 19.0 Å². The summed E-state index contributed by atoms with van der Waals surface area (Å²) in [6.45, 7) is 12.6. The monoisotopic (exact) mass is 559 g/mol. The summed E-state index contributed by atoms with van der Waals surface area (Å²) in [5, 5.41) is 6.05. The van der Waals surface area contributed by atoms with Crippen LogP contribution in [-0.2, 0) is 27.1 Å². The minimum absolute atomic E-state index is 0.140. The molecule has 0 aliphatic rings. The van der Waals surface area contributed by atoms with E-state index in [1.807, 2.05) is 12.1 Å². The predicted octanol–water partition coefficient (Wildman–Crippen LogP) is 6.95. The molecule has 0 spiro atoms. The van der Waals surface area contributed by atoms with Crippen molar-refractivity contribution in [3.05, 3.63) is 93.4 Å². The number of para-hydroxylation sites is 1. The zero-order valence-electron chi connectivity index (χ0n) is 24.5. The van der Waals surface area contributed by atoms with Gasteiger partial charge < -0.3 is 19.6 Å². The lowest BCUT2D eigenvalue weighted by Gasteiger charge is -2.28. The molecule has 0 unspecified atom stereocenters. The molecule has 3 rings (SSSR count). The molecule has 9 heteroatoms. The number of ether oxygens (including phenoxy) is 2. The van der Waals surface area contributed by atoms with Gasteiger partial charge in [-0.25, -0.2) is 4.79 Å². The van der Waals surface area contributed by atoms with Gasteiger partial charge in [0, 0.05) is 6.08 Å². The molecule has 41 heavy (non-hydrogen) atoms. The first-order valence-electron chi connectivity index (χ1n) is 13.1. The van der Waals surface area contributed by atoms with Gasteiger partial charge in [-0.15, -0.1) is 4.91 Å². The average molecular weight is 560 g/mol. The summed E-state index contributed by atoms with van der Waals surface area (Å²) in [5.41, 5.74) is 3.67. The van der Waals surface area contributed by atoms with E-state index in [4.69, 9.17) is 15.4 Å². The molecule has 9 nitrogen and oxygen atoms in total. The highest BCUT2D eigenvalue weighted by molar-refractivity contribution is 6.06. The van der Waals surface area contributed by atoms with E-state index >= 15 is 0 Å². The summed E-state index contributed by atoms with van der Waals surface area (Å²) >= 11 is 0. The van der Waals surface area contributed by atoms with Crippen molar-refractivity contribution >= 4 is 29.3 Å². The minimum Gasteiger partial charge on any atom is -0.493 e. The normalized spacial score (nSPS) is 11.7. The SMILES string of the molecule is COc1cc(/C=C/C(=O)Nc2ccccc2C(=O)ON)ccc1OCc1cc(C(C)(C)C)c(N=O)c(C(C)(C)C)c1. The van der Waals surface area contributed by atoms with E-state index in [2.05, 4.69) is 56.9 Å². The Labute approximate surface area is 240 Å². The van der Waals surface area contributed by atoms with Crippen molar-refractivity contribution in [3.8, 4) is 11.5 Å². The van der Waals surface area contributed by atoms with Gasteiger partial charge in [-0.1, -0.05) is 59.7 Å². The summed E-state index contributed by atoms with van der Waals surface area (Å²) in [6.07, 6.45) is 2.95. The number of nitrogens with zero attached hydrogens (tertiary/aromatic N) is 1. The van der Waals surface area contributed by atoms with Gasteiger partial charge in [0.1, 0.15) is 12.3 Å². The Balaban J connectivity index is 1.80. The number of benzene rings is 3. The molecule has 3 aromatic rings. The maximum atomic E-state index is 12.5. The number of hydrogen-bond acceptors (Lipinski definition) is 8. The smallest absolute Gasteiger partial charge is 0.358 e. The predicted molar refractivity (Wildman–Crippen MR) is 160 cm³/mol. The maximum absolute atomic E-state index is 12.5. The summed E-state index contributed by atoms with van der Waals surface area (Å²) in [5.74, 6) is 4.79. The molecule has 3 aromatic carbocycles. The summed E-state index contributed by atoms with van der Waals surface area (Å²) in [6, 6.07) is 15.6. The van der Waals surface area contributed by atoms with Crippen LogP contribution in [0.1, 0.15) is 74.2 Å². The standard InChI is InChI=1S/C32H37N3O6/c1-31(2,3)23-16-21(17-24(29(23)35-38)32(4,5)6)19-40-26-14-12-20(18-27(26)39-7)13-15-28(36)34-25-11-9-8-10-22(25)30(37)41-33/h8-18H,19,33H2,1-7H3,(H,34,36)/b15-13+. The van der Waals surface area contributed by atoms with E-state index in [0.29, 0.717) is 22.7 Å². The molecule has 0 aliphatic carbocycles. The highest BCUT2D eigenvalue weighted by atomic mass is 16.7. The Morgan fingerprint density at radius 2 is 1.56 bits per heavy atom. The molecule has 0 atom stereocenters. The van der Waals surface area contributed by atoms with Gasteiger partial charge in [-0.3, -0.25) is 4.79 Å². The number of methoxy groups -OCH3 is 1. The van der Waals surface area contributed by atoms with Crippen molar-refractivity contribution in [3.63, 3.8) is 0 Å². The van der Waals surface area contributed by atoms with Crippen LogP contribution in [0.25, 0.3) is 6.08 Å². The Hall–Kier alpha value is -4.50. The molecule has 0 saturated carbocycles. The van der Waals surface area contributed by atoms with E-state index in [-0.39, 0.29) is 28.7 Å². The van der Waals surface area contributed by atoms with E-state index in [1.165, 1.54) is 19.3 Å². The van der Waals surface area contributed by atoms with Crippen LogP contribution >= 0.6 is 0 Å². The van der Waals surface area contributed by atoms with Crippen LogP contribution in [0.15, 0.2) is 65.9 Å². The molecule has 216 valence electrons. The molecule has 0 saturated heterocycles. The maximum Gasteiger partial charge on any atom is 0.358 e.